The maximum absolute atomic E-state index is 5.43. The molecule has 0 N–H and O–H groups in total. The molecule has 0 aromatic heterocycles. The molecule has 0 aliphatic rings. The van der Waals surface area contributed by atoms with Crippen LogP contribution in [0.2, 0.25) is 0 Å². The van der Waals surface area contributed by atoms with E-state index in [1.54, 1.807) is 12.2 Å². The minimum atomic E-state index is 0.535. The van der Waals surface area contributed by atoms with Crippen LogP contribution in [0.15, 0.2) is 55.6 Å². The van der Waals surface area contributed by atoms with Gasteiger partial charge in [0.25, 0.3) is 0 Å². The Labute approximate surface area is 169 Å². The van der Waals surface area contributed by atoms with Gasteiger partial charge in [-0.05, 0) is 17.7 Å². The highest BCUT2D eigenvalue weighted by atomic mass is 32.1. The number of benzene rings is 3. The van der Waals surface area contributed by atoms with Crippen molar-refractivity contribution < 1.29 is 12.5 Å². The molecule has 3 rings (SSSR count). The summed E-state index contributed by atoms with van der Waals surface area (Å²) in [4.78, 5) is 0. The standard InChI is InChI=1S/C20H16O3S3/c1-3-12-9-10-16(19(22-25)13(12)4-2)17-11-18(21-24)14-7-5-6-8-15(14)20(17)23-26/h3-11,24-26H,1-2H2. The van der Waals surface area contributed by atoms with Crippen LogP contribution in [-0.2, 0) is 0 Å². The largest absolute Gasteiger partial charge is 0.428 e. The van der Waals surface area contributed by atoms with E-state index in [2.05, 4.69) is 51.9 Å². The molecule has 0 saturated heterocycles. The van der Waals surface area contributed by atoms with Crippen LogP contribution >= 0.6 is 38.7 Å². The molecular formula is C20H16O3S3. The van der Waals surface area contributed by atoms with Crippen molar-refractivity contribution in [3.63, 3.8) is 0 Å². The summed E-state index contributed by atoms with van der Waals surface area (Å²) < 4.78 is 16.1. The first-order chi connectivity index (χ1) is 12.7. The third-order valence-corrected chi connectivity index (χ3v) is 4.74. The van der Waals surface area contributed by atoms with Crippen LogP contribution in [-0.4, -0.2) is 0 Å². The summed E-state index contributed by atoms with van der Waals surface area (Å²) in [7, 11) is 0. The molecule has 3 aromatic rings. The van der Waals surface area contributed by atoms with Gasteiger partial charge in [-0.3, -0.25) is 0 Å². The summed E-state index contributed by atoms with van der Waals surface area (Å²) in [6.45, 7) is 7.69. The third-order valence-electron chi connectivity index (χ3n) is 4.18. The maximum atomic E-state index is 5.43. The van der Waals surface area contributed by atoms with Gasteiger partial charge < -0.3 is 12.5 Å². The van der Waals surface area contributed by atoms with Crippen LogP contribution in [0.5, 0.6) is 17.2 Å². The number of rotatable bonds is 6. The zero-order valence-electron chi connectivity index (χ0n) is 13.7. The molecule has 0 amide bonds. The van der Waals surface area contributed by atoms with Crippen molar-refractivity contribution in [3.05, 3.63) is 66.7 Å². The SMILES string of the molecule is C=Cc1ccc(-c2cc(OS)c3ccccc3c2OS)c(OS)c1C=C. The molecule has 132 valence electrons. The maximum Gasteiger partial charge on any atom is 0.153 e. The molecule has 3 nitrogen and oxygen atoms in total. The van der Waals surface area contributed by atoms with Gasteiger partial charge in [0.05, 0.1) is 0 Å². The van der Waals surface area contributed by atoms with E-state index in [1.807, 2.05) is 42.5 Å². The van der Waals surface area contributed by atoms with Gasteiger partial charge in [-0.1, -0.05) is 55.6 Å². The predicted molar refractivity (Wildman–Crippen MR) is 118 cm³/mol. The normalized spacial score (nSPS) is 10.4. The van der Waals surface area contributed by atoms with E-state index in [9.17, 15) is 0 Å². The average molecular weight is 401 g/mol. The van der Waals surface area contributed by atoms with Gasteiger partial charge in [0, 0.05) is 66.2 Å². The smallest absolute Gasteiger partial charge is 0.153 e. The lowest BCUT2D eigenvalue weighted by molar-refractivity contribution is 0.647. The molecule has 0 atom stereocenters. The Hall–Kier alpha value is -2.15. The fourth-order valence-corrected chi connectivity index (χ4v) is 3.55. The highest BCUT2D eigenvalue weighted by molar-refractivity contribution is 7.75. The van der Waals surface area contributed by atoms with Crippen molar-refractivity contribution >= 4 is 61.7 Å². The second-order valence-corrected chi connectivity index (χ2v) is 5.97. The summed E-state index contributed by atoms with van der Waals surface area (Å²) in [6, 6.07) is 13.3. The summed E-state index contributed by atoms with van der Waals surface area (Å²) in [5, 5.41) is 1.69. The van der Waals surface area contributed by atoms with Crippen molar-refractivity contribution in [1.29, 1.82) is 0 Å². The summed E-state index contributed by atoms with van der Waals surface area (Å²) in [5.74, 6) is 1.70. The Morgan fingerprint density at radius 1 is 0.731 bits per heavy atom. The minimum absolute atomic E-state index is 0.535. The van der Waals surface area contributed by atoms with Gasteiger partial charge in [-0.15, -0.1) is 0 Å². The third kappa shape index (κ3) is 3.05. The molecule has 0 spiro atoms. The van der Waals surface area contributed by atoms with Gasteiger partial charge >= 0.3 is 0 Å². The molecule has 0 heterocycles. The molecule has 0 aliphatic carbocycles. The second kappa shape index (κ2) is 8.03. The summed E-state index contributed by atoms with van der Waals surface area (Å²) >= 11 is 12.1. The number of hydrogen-bond donors (Lipinski definition) is 3. The Balaban J connectivity index is 2.42. The quantitative estimate of drug-likeness (QED) is 0.327. The molecule has 0 aliphatic heterocycles. The first kappa shape index (κ1) is 18.6. The molecule has 0 bridgehead atoms. The van der Waals surface area contributed by atoms with Gasteiger partial charge in [0.1, 0.15) is 5.75 Å². The predicted octanol–water partition coefficient (Wildman–Crippen LogP) is 6.46. The Bertz CT molecular complexity index is 999. The van der Waals surface area contributed by atoms with Crippen molar-refractivity contribution in [1.82, 2.24) is 0 Å². The Morgan fingerprint density at radius 2 is 1.42 bits per heavy atom. The van der Waals surface area contributed by atoms with Gasteiger partial charge in [-0.25, -0.2) is 0 Å². The first-order valence-electron chi connectivity index (χ1n) is 7.62. The molecule has 0 fully saturated rings. The lowest BCUT2D eigenvalue weighted by atomic mass is 9.94. The molecule has 0 unspecified atom stereocenters. The van der Waals surface area contributed by atoms with Crippen molar-refractivity contribution in [3.8, 4) is 28.4 Å². The topological polar surface area (TPSA) is 27.7 Å². The van der Waals surface area contributed by atoms with Crippen LogP contribution in [0.3, 0.4) is 0 Å². The summed E-state index contributed by atoms with van der Waals surface area (Å²) in [5.41, 5.74) is 3.14. The van der Waals surface area contributed by atoms with E-state index in [4.69, 9.17) is 12.5 Å². The zero-order chi connectivity index (χ0) is 18.7. The molecule has 0 radical (unpaired) electrons. The van der Waals surface area contributed by atoms with Crippen LogP contribution < -0.4 is 12.5 Å². The highest BCUT2D eigenvalue weighted by Gasteiger charge is 2.20. The van der Waals surface area contributed by atoms with Crippen molar-refractivity contribution in [2.75, 3.05) is 0 Å². The van der Waals surface area contributed by atoms with Crippen molar-refractivity contribution in [2.45, 2.75) is 0 Å². The molecule has 0 saturated carbocycles. The second-order valence-electron chi connectivity index (χ2n) is 5.42. The highest BCUT2D eigenvalue weighted by Crippen LogP contribution is 2.47. The number of thiol groups is 3. The van der Waals surface area contributed by atoms with Gasteiger partial charge in [-0.2, -0.15) is 0 Å². The summed E-state index contributed by atoms with van der Waals surface area (Å²) in [6.07, 6.45) is 3.43. The number of hydrogen-bond acceptors (Lipinski definition) is 6. The molecule has 26 heavy (non-hydrogen) atoms. The van der Waals surface area contributed by atoms with Gasteiger partial charge in [0.15, 0.2) is 11.5 Å². The monoisotopic (exact) mass is 400 g/mol. The van der Waals surface area contributed by atoms with Crippen LogP contribution in [0, 0.1) is 0 Å². The number of fused-ring (bicyclic) bond motifs is 1. The van der Waals surface area contributed by atoms with Gasteiger partial charge in [0.2, 0.25) is 0 Å². The lowest BCUT2D eigenvalue weighted by Gasteiger charge is -2.17. The van der Waals surface area contributed by atoms with Crippen molar-refractivity contribution in [2.24, 2.45) is 0 Å². The van der Waals surface area contributed by atoms with Crippen LogP contribution in [0.1, 0.15) is 11.1 Å². The van der Waals surface area contributed by atoms with E-state index in [-0.39, 0.29) is 0 Å². The lowest BCUT2D eigenvalue weighted by Crippen LogP contribution is -1.94. The van der Waals surface area contributed by atoms with E-state index in [0.717, 1.165) is 33.0 Å². The van der Waals surface area contributed by atoms with E-state index < -0.39 is 0 Å². The first-order valence-corrected chi connectivity index (χ1v) is 8.71. The fraction of sp³-hybridized carbons (Fsp3) is 0. The van der Waals surface area contributed by atoms with E-state index in [0.29, 0.717) is 17.2 Å². The molecule has 3 aromatic carbocycles. The average Bonchev–Trinajstić information content (AvgIpc) is 2.71. The zero-order valence-corrected chi connectivity index (χ0v) is 16.4. The fourth-order valence-electron chi connectivity index (χ4n) is 3.00. The van der Waals surface area contributed by atoms with Crippen LogP contribution in [0.25, 0.3) is 34.1 Å². The van der Waals surface area contributed by atoms with E-state index in [1.165, 1.54) is 0 Å². The minimum Gasteiger partial charge on any atom is -0.428 e. The molecule has 6 heteroatoms. The Kier molecular flexibility index (Phi) is 5.76. The van der Waals surface area contributed by atoms with Crippen LogP contribution in [0.4, 0.5) is 0 Å². The Morgan fingerprint density at radius 3 is 2.00 bits per heavy atom. The van der Waals surface area contributed by atoms with E-state index >= 15 is 0 Å². The molecular weight excluding hydrogens is 384 g/mol.